The molecule has 0 unspecified atom stereocenters. The maximum Gasteiger partial charge on any atom is 0.229 e. The first-order valence-corrected chi connectivity index (χ1v) is 6.92. The lowest BCUT2D eigenvalue weighted by atomic mass is 10.0. The molecule has 0 saturated carbocycles. The number of nitrogens with one attached hydrogen (secondary N) is 1. The van der Waals surface area contributed by atoms with Crippen molar-refractivity contribution in [1.29, 1.82) is 0 Å². The molecule has 0 bridgehead atoms. The van der Waals surface area contributed by atoms with Crippen molar-refractivity contribution in [2.24, 2.45) is 5.92 Å². The Morgan fingerprint density at radius 2 is 1.94 bits per heavy atom. The average molecular weight is 245 g/mol. The quantitative estimate of drug-likeness (QED) is 0.885. The van der Waals surface area contributed by atoms with Gasteiger partial charge in [-0.05, 0) is 36.1 Å². The first-order valence-electron chi connectivity index (χ1n) is 5.03. The van der Waals surface area contributed by atoms with Crippen molar-refractivity contribution in [1.82, 2.24) is 0 Å². The monoisotopic (exact) mass is 245 g/mol. The topological polar surface area (TPSA) is 46.2 Å². The summed E-state index contributed by atoms with van der Waals surface area (Å²) in [5.74, 6) is -0.0304. The molecule has 1 aromatic carbocycles. The van der Waals surface area contributed by atoms with E-state index >= 15 is 0 Å². The van der Waals surface area contributed by atoms with Crippen molar-refractivity contribution in [3.63, 3.8) is 0 Å². The lowest BCUT2D eigenvalue weighted by molar-refractivity contribution is 0.606. The molecule has 0 saturated heterocycles. The van der Waals surface area contributed by atoms with Gasteiger partial charge in [0.05, 0.1) is 11.9 Å². The molecule has 0 spiro atoms. The van der Waals surface area contributed by atoms with E-state index in [1.165, 1.54) is 12.1 Å². The first-order chi connectivity index (χ1) is 7.26. The Morgan fingerprint density at radius 3 is 2.44 bits per heavy atom. The summed E-state index contributed by atoms with van der Waals surface area (Å²) in [4.78, 5) is 0. The summed E-state index contributed by atoms with van der Waals surface area (Å²) in [5.41, 5.74) is 1.07. The van der Waals surface area contributed by atoms with E-state index in [2.05, 4.69) is 4.72 Å². The molecular weight excluding hydrogens is 229 g/mol. The Hall–Kier alpha value is -1.10. The van der Waals surface area contributed by atoms with Crippen molar-refractivity contribution in [2.45, 2.75) is 20.3 Å². The van der Waals surface area contributed by atoms with Crippen LogP contribution in [0.2, 0.25) is 0 Å². The van der Waals surface area contributed by atoms with Crippen molar-refractivity contribution < 1.29 is 12.8 Å². The van der Waals surface area contributed by atoms with Crippen LogP contribution in [0, 0.1) is 11.7 Å². The van der Waals surface area contributed by atoms with Gasteiger partial charge in [0.1, 0.15) is 5.82 Å². The molecule has 1 aromatic rings. The molecule has 0 amide bonds. The molecular formula is C11H16FNO2S. The smallest absolute Gasteiger partial charge is 0.229 e. The summed E-state index contributed by atoms with van der Waals surface area (Å²) in [5, 5.41) is 0. The van der Waals surface area contributed by atoms with Gasteiger partial charge in [-0.15, -0.1) is 0 Å². The summed E-state index contributed by atoms with van der Waals surface area (Å²) >= 11 is 0. The van der Waals surface area contributed by atoms with Gasteiger partial charge in [0.2, 0.25) is 10.0 Å². The third kappa shape index (κ3) is 4.61. The Kier molecular flexibility index (Phi) is 3.91. The second kappa shape index (κ2) is 4.82. The zero-order chi connectivity index (χ0) is 12.3. The minimum absolute atomic E-state index is 0.276. The van der Waals surface area contributed by atoms with Crippen molar-refractivity contribution >= 4 is 15.7 Å². The Labute approximate surface area is 95.7 Å². The summed E-state index contributed by atoms with van der Waals surface area (Å²) in [6.45, 7) is 4.04. The van der Waals surface area contributed by atoms with Gasteiger partial charge in [-0.3, -0.25) is 4.72 Å². The molecule has 3 nitrogen and oxygen atoms in total. The molecule has 0 atom stereocenters. The summed E-state index contributed by atoms with van der Waals surface area (Å²) in [6, 6.07) is 4.25. The molecule has 0 aliphatic heterocycles. The fourth-order valence-corrected chi connectivity index (χ4v) is 2.06. The molecule has 5 heteroatoms. The van der Waals surface area contributed by atoms with Crippen LogP contribution in [0.5, 0.6) is 0 Å². The SMILES string of the molecule is CC(C)Cc1cc(F)cc(NS(C)(=O)=O)c1. The van der Waals surface area contributed by atoms with Crippen LogP contribution in [0.25, 0.3) is 0 Å². The summed E-state index contributed by atoms with van der Waals surface area (Å²) in [7, 11) is -3.36. The maximum atomic E-state index is 13.2. The van der Waals surface area contributed by atoms with Gasteiger partial charge in [-0.2, -0.15) is 0 Å². The molecule has 0 radical (unpaired) electrons. The van der Waals surface area contributed by atoms with Crippen LogP contribution < -0.4 is 4.72 Å². The standard InChI is InChI=1S/C11H16FNO2S/c1-8(2)4-9-5-10(12)7-11(6-9)13-16(3,14)15/h5-8,13H,4H2,1-3H3. The minimum atomic E-state index is -3.36. The molecule has 0 fully saturated rings. The van der Waals surface area contributed by atoms with Crippen LogP contribution in [-0.2, 0) is 16.4 Å². The number of hydrogen-bond donors (Lipinski definition) is 1. The van der Waals surface area contributed by atoms with E-state index in [1.54, 1.807) is 6.07 Å². The normalized spacial score (nSPS) is 11.8. The van der Waals surface area contributed by atoms with E-state index in [1.807, 2.05) is 13.8 Å². The lowest BCUT2D eigenvalue weighted by Crippen LogP contribution is -2.10. The van der Waals surface area contributed by atoms with Crippen LogP contribution in [-0.4, -0.2) is 14.7 Å². The number of benzene rings is 1. The zero-order valence-corrected chi connectivity index (χ0v) is 10.4. The Morgan fingerprint density at radius 1 is 1.31 bits per heavy atom. The lowest BCUT2D eigenvalue weighted by Gasteiger charge is -2.09. The van der Waals surface area contributed by atoms with Crippen molar-refractivity contribution in [3.8, 4) is 0 Å². The van der Waals surface area contributed by atoms with Crippen molar-refractivity contribution in [2.75, 3.05) is 11.0 Å². The van der Waals surface area contributed by atoms with Crippen LogP contribution in [0.4, 0.5) is 10.1 Å². The van der Waals surface area contributed by atoms with Crippen molar-refractivity contribution in [3.05, 3.63) is 29.6 Å². The number of rotatable bonds is 4. The molecule has 0 aliphatic carbocycles. The molecule has 0 aliphatic rings. The zero-order valence-electron chi connectivity index (χ0n) is 9.62. The largest absolute Gasteiger partial charge is 0.284 e. The van der Waals surface area contributed by atoms with E-state index in [-0.39, 0.29) is 5.69 Å². The van der Waals surface area contributed by atoms with Gasteiger partial charge >= 0.3 is 0 Å². The van der Waals surface area contributed by atoms with E-state index in [0.29, 0.717) is 5.92 Å². The number of anilines is 1. The second-order valence-electron chi connectivity index (χ2n) is 4.32. The molecule has 90 valence electrons. The molecule has 16 heavy (non-hydrogen) atoms. The van der Waals surface area contributed by atoms with E-state index < -0.39 is 15.8 Å². The molecule has 0 heterocycles. The molecule has 1 N–H and O–H groups in total. The van der Waals surface area contributed by atoms with Gasteiger partial charge < -0.3 is 0 Å². The highest BCUT2D eigenvalue weighted by Crippen LogP contribution is 2.17. The highest BCUT2D eigenvalue weighted by Gasteiger charge is 2.06. The number of halogens is 1. The maximum absolute atomic E-state index is 13.2. The summed E-state index contributed by atoms with van der Waals surface area (Å²) < 4.78 is 37.5. The summed E-state index contributed by atoms with van der Waals surface area (Å²) in [6.07, 6.45) is 1.76. The Bertz CT molecular complexity index is 469. The number of sulfonamides is 1. The van der Waals surface area contributed by atoms with Gasteiger partial charge in [0.15, 0.2) is 0 Å². The third-order valence-corrected chi connectivity index (χ3v) is 2.51. The van der Waals surface area contributed by atoms with E-state index in [9.17, 15) is 12.8 Å². The van der Waals surface area contributed by atoms with Gasteiger partial charge in [0, 0.05) is 0 Å². The number of hydrogen-bond acceptors (Lipinski definition) is 2. The van der Waals surface area contributed by atoms with E-state index in [0.717, 1.165) is 18.2 Å². The average Bonchev–Trinajstić information content (AvgIpc) is 1.96. The minimum Gasteiger partial charge on any atom is -0.284 e. The highest BCUT2D eigenvalue weighted by atomic mass is 32.2. The highest BCUT2D eigenvalue weighted by molar-refractivity contribution is 7.92. The molecule has 0 aromatic heterocycles. The molecule has 1 rings (SSSR count). The van der Waals surface area contributed by atoms with Crippen LogP contribution in [0.3, 0.4) is 0 Å². The fraction of sp³-hybridized carbons (Fsp3) is 0.455. The predicted octanol–water partition coefficient (Wildman–Crippen LogP) is 2.40. The third-order valence-electron chi connectivity index (χ3n) is 1.90. The van der Waals surface area contributed by atoms with Gasteiger partial charge in [-0.1, -0.05) is 13.8 Å². The van der Waals surface area contributed by atoms with Gasteiger partial charge in [-0.25, -0.2) is 12.8 Å². The van der Waals surface area contributed by atoms with Crippen LogP contribution in [0.15, 0.2) is 18.2 Å². The van der Waals surface area contributed by atoms with E-state index in [4.69, 9.17) is 0 Å². The fourth-order valence-electron chi connectivity index (χ4n) is 1.51. The predicted molar refractivity (Wildman–Crippen MR) is 63.4 cm³/mol. The van der Waals surface area contributed by atoms with Crippen LogP contribution >= 0.6 is 0 Å². The first kappa shape index (κ1) is 13.0. The second-order valence-corrected chi connectivity index (χ2v) is 6.07. The Balaban J connectivity index is 2.98. The van der Waals surface area contributed by atoms with Crippen LogP contribution in [0.1, 0.15) is 19.4 Å². The van der Waals surface area contributed by atoms with Gasteiger partial charge in [0.25, 0.3) is 0 Å².